The molecule has 2 heterocycles. The average Bonchev–Trinajstić information content (AvgIpc) is 3.29. The van der Waals surface area contributed by atoms with Crippen molar-refractivity contribution in [1.82, 2.24) is 10.2 Å². The van der Waals surface area contributed by atoms with Crippen molar-refractivity contribution in [2.24, 2.45) is 0 Å². The van der Waals surface area contributed by atoms with Gasteiger partial charge in [0, 0.05) is 6.54 Å². The molecule has 1 N–H and O–H groups in total. The smallest absolute Gasteiger partial charge is 0.258 e. The second-order valence-electron chi connectivity index (χ2n) is 6.22. The molecule has 1 aliphatic rings. The summed E-state index contributed by atoms with van der Waals surface area (Å²) >= 11 is 1.71. The van der Waals surface area contributed by atoms with E-state index in [9.17, 15) is 4.79 Å². The van der Waals surface area contributed by atoms with Gasteiger partial charge in [-0.25, -0.2) is 0 Å². The van der Waals surface area contributed by atoms with Crippen LogP contribution in [-0.2, 0) is 4.79 Å². The van der Waals surface area contributed by atoms with Gasteiger partial charge in [-0.15, -0.1) is 0 Å². The Morgan fingerprint density at radius 2 is 2.00 bits per heavy atom. The molecule has 24 heavy (non-hydrogen) atoms. The third-order valence-corrected chi connectivity index (χ3v) is 5.09. The summed E-state index contributed by atoms with van der Waals surface area (Å²) in [7, 11) is 0. The molecular weight excluding hydrogens is 320 g/mol. The lowest BCUT2D eigenvalue weighted by Gasteiger charge is -2.27. The van der Waals surface area contributed by atoms with Crippen molar-refractivity contribution in [3.8, 4) is 5.75 Å². The van der Waals surface area contributed by atoms with E-state index in [0.29, 0.717) is 6.54 Å². The predicted molar refractivity (Wildman–Crippen MR) is 97.6 cm³/mol. The number of carbonyl (C=O) groups excluding carboxylic acids is 1. The number of amides is 1. The van der Waals surface area contributed by atoms with E-state index in [4.69, 9.17) is 4.74 Å². The highest BCUT2D eigenvalue weighted by Crippen LogP contribution is 2.26. The topological polar surface area (TPSA) is 41.6 Å². The summed E-state index contributed by atoms with van der Waals surface area (Å²) in [6, 6.07) is 10.2. The van der Waals surface area contributed by atoms with Crippen LogP contribution >= 0.6 is 11.3 Å². The third kappa shape index (κ3) is 4.58. The zero-order valence-electron chi connectivity index (χ0n) is 14.0. The van der Waals surface area contributed by atoms with Crippen molar-refractivity contribution in [1.29, 1.82) is 0 Å². The highest BCUT2D eigenvalue weighted by molar-refractivity contribution is 7.07. The molecule has 1 saturated heterocycles. The Bertz CT molecular complexity index is 634. The Kier molecular flexibility index (Phi) is 5.88. The molecule has 5 heteroatoms. The molecule has 0 aliphatic carbocycles. The number of nitrogens with one attached hydrogen (secondary N) is 1. The molecule has 1 aliphatic heterocycles. The fourth-order valence-electron chi connectivity index (χ4n) is 3.02. The summed E-state index contributed by atoms with van der Waals surface area (Å²) in [5, 5.41) is 7.31. The predicted octanol–water partition coefficient (Wildman–Crippen LogP) is 3.39. The molecule has 128 valence electrons. The fraction of sp³-hybridized carbons (Fsp3) is 0.421. The van der Waals surface area contributed by atoms with Gasteiger partial charge >= 0.3 is 0 Å². The first-order valence-electron chi connectivity index (χ1n) is 8.45. The van der Waals surface area contributed by atoms with E-state index in [1.54, 1.807) is 11.3 Å². The van der Waals surface area contributed by atoms with Crippen LogP contribution in [0.3, 0.4) is 0 Å². The third-order valence-electron chi connectivity index (χ3n) is 4.39. The van der Waals surface area contributed by atoms with Gasteiger partial charge < -0.3 is 10.1 Å². The van der Waals surface area contributed by atoms with Crippen LogP contribution in [0.25, 0.3) is 0 Å². The van der Waals surface area contributed by atoms with Gasteiger partial charge in [0.2, 0.25) is 0 Å². The van der Waals surface area contributed by atoms with E-state index >= 15 is 0 Å². The largest absolute Gasteiger partial charge is 0.484 e. The number of hydrogen-bond donors (Lipinski definition) is 1. The standard InChI is InChI=1S/C19H24N2O2S/c1-15-4-6-17(7-5-15)23-13-19(22)20-12-18(16-8-11-24-14-16)21-9-2-3-10-21/h4-8,11,14,18H,2-3,9-10,12-13H2,1H3,(H,20,22). The average molecular weight is 344 g/mol. The van der Waals surface area contributed by atoms with Crippen LogP contribution in [0.15, 0.2) is 41.1 Å². The number of hydrogen-bond acceptors (Lipinski definition) is 4. The molecule has 1 aromatic heterocycles. The number of nitrogens with zero attached hydrogens (tertiary/aromatic N) is 1. The summed E-state index contributed by atoms with van der Waals surface area (Å²) in [5.74, 6) is 0.652. The van der Waals surface area contributed by atoms with Crippen molar-refractivity contribution in [2.45, 2.75) is 25.8 Å². The number of likely N-dealkylation sites (tertiary alicyclic amines) is 1. The SMILES string of the molecule is Cc1ccc(OCC(=O)NCC(c2ccsc2)N2CCCC2)cc1. The van der Waals surface area contributed by atoms with Crippen LogP contribution < -0.4 is 10.1 Å². The molecule has 0 spiro atoms. The van der Waals surface area contributed by atoms with E-state index < -0.39 is 0 Å². The molecular formula is C19H24N2O2S. The summed E-state index contributed by atoms with van der Waals surface area (Å²) in [6.07, 6.45) is 2.48. The number of rotatable bonds is 7. The van der Waals surface area contributed by atoms with Gasteiger partial charge in [0.15, 0.2) is 6.61 Å². The molecule has 4 nitrogen and oxygen atoms in total. The van der Waals surface area contributed by atoms with Crippen LogP contribution in [0, 0.1) is 6.92 Å². The van der Waals surface area contributed by atoms with Gasteiger partial charge in [0.05, 0.1) is 6.04 Å². The molecule has 2 aromatic rings. The van der Waals surface area contributed by atoms with Crippen LogP contribution in [0.1, 0.15) is 30.0 Å². The van der Waals surface area contributed by atoms with E-state index in [0.717, 1.165) is 18.8 Å². The first-order valence-corrected chi connectivity index (χ1v) is 9.39. The zero-order valence-corrected chi connectivity index (χ0v) is 14.8. The van der Waals surface area contributed by atoms with E-state index in [1.165, 1.54) is 24.0 Å². The molecule has 3 rings (SSSR count). The van der Waals surface area contributed by atoms with Crippen LogP contribution in [0.5, 0.6) is 5.75 Å². The highest BCUT2D eigenvalue weighted by atomic mass is 32.1. The van der Waals surface area contributed by atoms with Gasteiger partial charge in [-0.05, 0) is 67.4 Å². The van der Waals surface area contributed by atoms with Crippen molar-refractivity contribution in [3.63, 3.8) is 0 Å². The summed E-state index contributed by atoms with van der Waals surface area (Å²) in [4.78, 5) is 14.6. The lowest BCUT2D eigenvalue weighted by atomic mass is 10.1. The summed E-state index contributed by atoms with van der Waals surface area (Å²) < 4.78 is 5.55. The van der Waals surface area contributed by atoms with E-state index in [-0.39, 0.29) is 18.6 Å². The second-order valence-corrected chi connectivity index (χ2v) is 7.00. The molecule has 1 unspecified atom stereocenters. The first-order chi connectivity index (χ1) is 11.7. The second kappa shape index (κ2) is 8.31. The summed E-state index contributed by atoms with van der Waals surface area (Å²) in [6.45, 7) is 4.93. The molecule has 0 radical (unpaired) electrons. The van der Waals surface area contributed by atoms with Gasteiger partial charge in [0.25, 0.3) is 5.91 Å². The highest BCUT2D eigenvalue weighted by Gasteiger charge is 2.24. The summed E-state index contributed by atoms with van der Waals surface area (Å²) in [5.41, 5.74) is 2.47. The maximum atomic E-state index is 12.1. The molecule has 0 saturated carbocycles. The first kappa shape index (κ1) is 17.0. The van der Waals surface area contributed by atoms with Crippen LogP contribution in [0.4, 0.5) is 0 Å². The number of aryl methyl sites for hydroxylation is 1. The Hall–Kier alpha value is -1.85. The van der Waals surface area contributed by atoms with E-state index in [2.05, 4.69) is 27.0 Å². The molecule has 0 bridgehead atoms. The van der Waals surface area contributed by atoms with Gasteiger partial charge in [-0.2, -0.15) is 11.3 Å². The van der Waals surface area contributed by atoms with Crippen molar-refractivity contribution in [3.05, 3.63) is 52.2 Å². The normalized spacial score (nSPS) is 16.0. The minimum atomic E-state index is -0.0741. The van der Waals surface area contributed by atoms with Crippen molar-refractivity contribution >= 4 is 17.2 Å². The van der Waals surface area contributed by atoms with Crippen LogP contribution in [-0.4, -0.2) is 37.0 Å². The minimum Gasteiger partial charge on any atom is -0.484 e. The lowest BCUT2D eigenvalue weighted by molar-refractivity contribution is -0.123. The molecule has 1 atom stereocenters. The number of thiophene rings is 1. The van der Waals surface area contributed by atoms with Gasteiger partial charge in [0.1, 0.15) is 5.75 Å². The maximum absolute atomic E-state index is 12.1. The Balaban J connectivity index is 1.50. The molecule has 1 amide bonds. The Morgan fingerprint density at radius 3 is 2.67 bits per heavy atom. The van der Waals surface area contributed by atoms with Gasteiger partial charge in [-0.3, -0.25) is 9.69 Å². The number of carbonyl (C=O) groups is 1. The lowest BCUT2D eigenvalue weighted by Crippen LogP contribution is -2.38. The Morgan fingerprint density at radius 1 is 1.25 bits per heavy atom. The zero-order chi connectivity index (χ0) is 16.8. The van der Waals surface area contributed by atoms with Gasteiger partial charge in [-0.1, -0.05) is 17.7 Å². The fourth-order valence-corrected chi connectivity index (χ4v) is 3.73. The molecule has 1 aromatic carbocycles. The van der Waals surface area contributed by atoms with Crippen molar-refractivity contribution < 1.29 is 9.53 Å². The number of ether oxygens (including phenoxy) is 1. The maximum Gasteiger partial charge on any atom is 0.258 e. The monoisotopic (exact) mass is 344 g/mol. The Labute approximate surface area is 147 Å². The minimum absolute atomic E-state index is 0.0550. The molecule has 1 fully saturated rings. The van der Waals surface area contributed by atoms with Crippen molar-refractivity contribution in [2.75, 3.05) is 26.2 Å². The quantitative estimate of drug-likeness (QED) is 0.837. The van der Waals surface area contributed by atoms with E-state index in [1.807, 2.05) is 31.2 Å². The van der Waals surface area contributed by atoms with Crippen LogP contribution in [0.2, 0.25) is 0 Å². The number of benzene rings is 1.